The molecule has 104 valence electrons. The Morgan fingerprint density at radius 2 is 2.00 bits per heavy atom. The number of carbonyl (C=O) groups excluding carboxylic acids is 1. The largest absolute Gasteiger partial charge is 0.480 e. The molecular weight excluding hydrogens is 275 g/mol. The maximum atomic E-state index is 12.9. The van der Waals surface area contributed by atoms with Crippen molar-refractivity contribution in [2.24, 2.45) is 0 Å². The van der Waals surface area contributed by atoms with Crippen molar-refractivity contribution < 1.29 is 19.1 Å². The van der Waals surface area contributed by atoms with Crippen molar-refractivity contribution in [1.82, 2.24) is 4.90 Å². The number of nitrogens with zero attached hydrogens (tertiary/aromatic N) is 1. The summed E-state index contributed by atoms with van der Waals surface area (Å²) in [5.74, 6) is -1.67. The van der Waals surface area contributed by atoms with Gasteiger partial charge in [0.05, 0.1) is 10.7 Å². The molecule has 0 saturated carbocycles. The molecule has 0 spiro atoms. The Bertz CT molecular complexity index is 520. The topological polar surface area (TPSA) is 69.6 Å². The third-order valence-corrected chi connectivity index (χ3v) is 3.15. The van der Waals surface area contributed by atoms with Gasteiger partial charge in [-0.3, -0.25) is 0 Å². The maximum Gasteiger partial charge on any atom is 0.329 e. The number of carboxylic acids is 1. The summed E-state index contributed by atoms with van der Waals surface area (Å²) in [7, 11) is 1.35. The van der Waals surface area contributed by atoms with Gasteiger partial charge >= 0.3 is 12.0 Å². The van der Waals surface area contributed by atoms with Crippen LogP contribution >= 0.6 is 11.6 Å². The SMILES string of the molecule is CN(C(=O)Nc1ccc(F)cc1Cl)C(C)(C)C(=O)O. The Morgan fingerprint density at radius 3 is 2.47 bits per heavy atom. The average Bonchev–Trinajstić information content (AvgIpc) is 2.31. The van der Waals surface area contributed by atoms with Crippen LogP contribution in [0.4, 0.5) is 14.9 Å². The molecule has 0 aliphatic rings. The molecule has 1 rings (SSSR count). The van der Waals surface area contributed by atoms with Crippen molar-refractivity contribution >= 4 is 29.3 Å². The molecule has 0 fully saturated rings. The fourth-order valence-corrected chi connectivity index (χ4v) is 1.40. The van der Waals surface area contributed by atoms with Crippen molar-refractivity contribution in [2.45, 2.75) is 19.4 Å². The highest BCUT2D eigenvalue weighted by Crippen LogP contribution is 2.23. The zero-order chi connectivity index (χ0) is 14.8. The number of halogens is 2. The van der Waals surface area contributed by atoms with Gasteiger partial charge in [-0.25, -0.2) is 14.0 Å². The molecule has 2 N–H and O–H groups in total. The van der Waals surface area contributed by atoms with Crippen molar-refractivity contribution in [3.63, 3.8) is 0 Å². The van der Waals surface area contributed by atoms with Crippen LogP contribution < -0.4 is 5.32 Å². The minimum absolute atomic E-state index is 0.0369. The molecule has 1 aromatic rings. The fourth-order valence-electron chi connectivity index (χ4n) is 1.19. The number of aliphatic carboxylic acids is 1. The van der Waals surface area contributed by atoms with E-state index in [1.54, 1.807) is 0 Å². The van der Waals surface area contributed by atoms with E-state index in [-0.39, 0.29) is 10.7 Å². The van der Waals surface area contributed by atoms with Crippen molar-refractivity contribution in [3.8, 4) is 0 Å². The lowest BCUT2D eigenvalue weighted by Crippen LogP contribution is -2.52. The first-order valence-corrected chi connectivity index (χ1v) is 5.77. The van der Waals surface area contributed by atoms with Gasteiger partial charge in [-0.15, -0.1) is 0 Å². The Kier molecular flexibility index (Phi) is 4.36. The highest BCUT2D eigenvalue weighted by atomic mass is 35.5. The van der Waals surface area contributed by atoms with Crippen LogP contribution in [0.3, 0.4) is 0 Å². The fraction of sp³-hybridized carbons (Fsp3) is 0.333. The molecule has 0 unspecified atom stereocenters. The highest BCUT2D eigenvalue weighted by molar-refractivity contribution is 6.33. The molecule has 1 aromatic carbocycles. The van der Waals surface area contributed by atoms with Gasteiger partial charge in [-0.2, -0.15) is 0 Å². The van der Waals surface area contributed by atoms with E-state index in [9.17, 15) is 14.0 Å². The first-order valence-electron chi connectivity index (χ1n) is 5.39. The molecule has 0 aromatic heterocycles. The number of hydrogen-bond acceptors (Lipinski definition) is 2. The number of amides is 2. The summed E-state index contributed by atoms with van der Waals surface area (Å²) >= 11 is 5.77. The molecule has 2 amide bonds. The van der Waals surface area contributed by atoms with Gasteiger partial charge < -0.3 is 15.3 Å². The summed E-state index contributed by atoms with van der Waals surface area (Å²) in [5.41, 5.74) is -1.17. The van der Waals surface area contributed by atoms with E-state index in [1.807, 2.05) is 0 Å². The van der Waals surface area contributed by atoms with Crippen molar-refractivity contribution in [3.05, 3.63) is 29.0 Å². The van der Waals surface area contributed by atoms with Gasteiger partial charge in [0.1, 0.15) is 11.4 Å². The number of anilines is 1. The number of benzene rings is 1. The molecule has 0 saturated heterocycles. The number of rotatable bonds is 3. The molecule has 0 aliphatic heterocycles. The number of carboxylic acid groups (broad SMARTS) is 1. The van der Waals surface area contributed by atoms with Gasteiger partial charge in [0.15, 0.2) is 0 Å². The van der Waals surface area contributed by atoms with Crippen LogP contribution in [-0.4, -0.2) is 34.6 Å². The van der Waals surface area contributed by atoms with Gasteiger partial charge in [0.2, 0.25) is 0 Å². The molecule has 0 radical (unpaired) electrons. The summed E-state index contributed by atoms with van der Waals surface area (Å²) < 4.78 is 12.9. The summed E-state index contributed by atoms with van der Waals surface area (Å²) in [6, 6.07) is 2.85. The van der Waals surface area contributed by atoms with Crippen LogP contribution in [0.25, 0.3) is 0 Å². The number of nitrogens with one attached hydrogen (secondary N) is 1. The van der Waals surface area contributed by atoms with Crippen molar-refractivity contribution in [2.75, 3.05) is 12.4 Å². The van der Waals surface area contributed by atoms with Crippen LogP contribution in [0.5, 0.6) is 0 Å². The molecular formula is C12H14ClFN2O3. The Morgan fingerprint density at radius 1 is 1.42 bits per heavy atom. The summed E-state index contributed by atoms with van der Waals surface area (Å²) in [6.07, 6.45) is 0. The maximum absolute atomic E-state index is 12.9. The number of carbonyl (C=O) groups is 2. The van der Waals surface area contributed by atoms with E-state index in [2.05, 4.69) is 5.32 Å². The van der Waals surface area contributed by atoms with Gasteiger partial charge in [-0.05, 0) is 32.0 Å². The molecule has 0 heterocycles. The zero-order valence-corrected chi connectivity index (χ0v) is 11.5. The predicted molar refractivity (Wildman–Crippen MR) is 69.9 cm³/mol. The lowest BCUT2D eigenvalue weighted by molar-refractivity contribution is -0.146. The summed E-state index contributed by atoms with van der Waals surface area (Å²) in [4.78, 5) is 24.0. The minimum atomic E-state index is -1.38. The second kappa shape index (κ2) is 5.44. The molecule has 5 nitrogen and oxygen atoms in total. The Labute approximate surface area is 115 Å². The summed E-state index contributed by atoms with van der Waals surface area (Å²) in [6.45, 7) is 2.78. The second-order valence-electron chi connectivity index (χ2n) is 4.48. The van der Waals surface area contributed by atoms with Crippen molar-refractivity contribution in [1.29, 1.82) is 0 Å². The number of likely N-dealkylation sites (N-methyl/N-ethyl adjacent to an activating group) is 1. The Hall–Kier alpha value is -1.82. The highest BCUT2D eigenvalue weighted by Gasteiger charge is 2.35. The van der Waals surface area contributed by atoms with Crippen LogP contribution in [0, 0.1) is 5.82 Å². The smallest absolute Gasteiger partial charge is 0.329 e. The first kappa shape index (κ1) is 15.2. The summed E-state index contributed by atoms with van der Waals surface area (Å²) in [5, 5.41) is 11.5. The lowest BCUT2D eigenvalue weighted by Gasteiger charge is -2.31. The second-order valence-corrected chi connectivity index (χ2v) is 4.88. The average molecular weight is 289 g/mol. The van der Waals surface area contributed by atoms with E-state index >= 15 is 0 Å². The van der Waals surface area contributed by atoms with E-state index in [4.69, 9.17) is 16.7 Å². The van der Waals surface area contributed by atoms with E-state index < -0.39 is 23.4 Å². The van der Waals surface area contributed by atoms with E-state index in [0.717, 1.165) is 17.0 Å². The first-order chi connectivity index (χ1) is 8.66. The third kappa shape index (κ3) is 3.35. The van der Waals surface area contributed by atoms with Crippen LogP contribution in [0.2, 0.25) is 5.02 Å². The number of urea groups is 1. The van der Waals surface area contributed by atoms with Gasteiger partial charge in [0, 0.05) is 7.05 Å². The van der Waals surface area contributed by atoms with Crippen LogP contribution in [-0.2, 0) is 4.79 Å². The molecule has 7 heteroatoms. The predicted octanol–water partition coefficient (Wildman–Crippen LogP) is 2.81. The molecule has 0 atom stereocenters. The van der Waals surface area contributed by atoms with Gasteiger partial charge in [0.25, 0.3) is 0 Å². The van der Waals surface area contributed by atoms with E-state index in [0.29, 0.717) is 0 Å². The third-order valence-electron chi connectivity index (χ3n) is 2.84. The van der Waals surface area contributed by atoms with Gasteiger partial charge in [-0.1, -0.05) is 11.6 Å². The standard InChI is InChI=1S/C12H14ClFN2O3/c1-12(2,10(17)18)16(3)11(19)15-9-5-4-7(14)6-8(9)13/h4-6H,1-3H3,(H,15,19)(H,17,18). The Balaban J connectivity index is 2.88. The zero-order valence-electron chi connectivity index (χ0n) is 10.7. The molecule has 19 heavy (non-hydrogen) atoms. The minimum Gasteiger partial charge on any atom is -0.480 e. The van der Waals surface area contributed by atoms with Crippen LogP contribution in [0.1, 0.15) is 13.8 Å². The normalized spacial score (nSPS) is 11.0. The number of hydrogen-bond donors (Lipinski definition) is 2. The molecule has 0 aliphatic carbocycles. The van der Waals surface area contributed by atoms with E-state index in [1.165, 1.54) is 27.0 Å². The monoisotopic (exact) mass is 288 g/mol. The molecule has 0 bridgehead atoms. The van der Waals surface area contributed by atoms with Crippen LogP contribution in [0.15, 0.2) is 18.2 Å². The lowest BCUT2D eigenvalue weighted by atomic mass is 10.1. The quantitative estimate of drug-likeness (QED) is 0.898.